The molecule has 1 heterocycles. The average Bonchev–Trinajstić information content (AvgIpc) is 2.57. The Hall–Kier alpha value is -0.900. The van der Waals surface area contributed by atoms with Crippen LogP contribution in [0.1, 0.15) is 19.1 Å². The number of carboxylic acids is 1. The third kappa shape index (κ3) is 5.85. The second-order valence-electron chi connectivity index (χ2n) is 1.96. The fourth-order valence-corrected chi connectivity index (χ4v) is 0.582. The molecule has 0 atom stereocenters. The van der Waals surface area contributed by atoms with Gasteiger partial charge in [0.1, 0.15) is 5.76 Å². The van der Waals surface area contributed by atoms with Gasteiger partial charge in [-0.05, 0) is 18.6 Å². The van der Waals surface area contributed by atoms with Crippen molar-refractivity contribution >= 4 is 18.6 Å². The average molecular weight is 187 g/mol. The van der Waals surface area contributed by atoms with Gasteiger partial charge in [0.05, 0.1) is 6.26 Å². The Labute approximate surface area is 76.8 Å². The van der Waals surface area contributed by atoms with Crippen LogP contribution >= 0.6 is 12.6 Å². The number of thiol groups is 1. The predicted molar refractivity (Wildman–Crippen MR) is 46.7 cm³/mol. The van der Waals surface area contributed by atoms with Crippen molar-refractivity contribution in [3.05, 3.63) is 24.2 Å². The summed E-state index contributed by atoms with van der Waals surface area (Å²) in [5.74, 6) is 0.612. The lowest BCUT2D eigenvalue weighted by atomic mass is 10.5. The van der Waals surface area contributed by atoms with Crippen LogP contribution in [0.4, 0.5) is 0 Å². The lowest BCUT2D eigenvalue weighted by Gasteiger charge is -1.87. The lowest BCUT2D eigenvalue weighted by Crippen LogP contribution is -2.19. The lowest BCUT2D eigenvalue weighted by molar-refractivity contribution is -0.305. The van der Waals surface area contributed by atoms with E-state index >= 15 is 0 Å². The molecule has 4 heteroatoms. The number of rotatable bonds is 2. The molecule has 0 amide bonds. The Kier molecular flexibility index (Phi) is 6.28. The number of hydrogen-bond donors (Lipinski definition) is 1. The first-order valence-electron chi connectivity index (χ1n) is 3.53. The Morgan fingerprint density at radius 1 is 1.75 bits per heavy atom. The van der Waals surface area contributed by atoms with Gasteiger partial charge in [0.25, 0.3) is 0 Å². The van der Waals surface area contributed by atoms with Gasteiger partial charge in [-0.1, -0.05) is 6.92 Å². The first-order valence-corrected chi connectivity index (χ1v) is 4.17. The van der Waals surface area contributed by atoms with Crippen LogP contribution in [-0.2, 0) is 10.5 Å². The minimum atomic E-state index is -0.995. The van der Waals surface area contributed by atoms with Gasteiger partial charge in [0.2, 0.25) is 0 Å². The van der Waals surface area contributed by atoms with E-state index in [-0.39, 0.29) is 6.42 Å². The molecule has 68 valence electrons. The van der Waals surface area contributed by atoms with E-state index in [1.807, 2.05) is 12.1 Å². The van der Waals surface area contributed by atoms with Crippen LogP contribution in [0.3, 0.4) is 0 Å². The summed E-state index contributed by atoms with van der Waals surface area (Å²) in [5.41, 5.74) is 0. The predicted octanol–water partition coefficient (Wildman–Crippen LogP) is 0.856. The summed E-state index contributed by atoms with van der Waals surface area (Å²) in [6.07, 6.45) is 1.76. The number of carboxylic acid groups (broad SMARTS) is 1. The number of aliphatic carboxylic acids is 1. The number of hydrogen-bond acceptors (Lipinski definition) is 4. The standard InChI is InChI=1S/C5H6OS.C3H6O2/c7-4-5-2-1-3-6-5;1-2-3(4)5/h1-3,7H,4H2;2H2,1H3,(H,4,5)/p-1. The zero-order valence-electron chi connectivity index (χ0n) is 6.82. The Morgan fingerprint density at radius 3 is 2.50 bits per heavy atom. The molecule has 1 aromatic heterocycles. The normalized spacial score (nSPS) is 8.50. The van der Waals surface area contributed by atoms with E-state index in [0.29, 0.717) is 5.75 Å². The van der Waals surface area contributed by atoms with Gasteiger partial charge in [-0.2, -0.15) is 12.6 Å². The van der Waals surface area contributed by atoms with Crippen molar-refractivity contribution < 1.29 is 14.3 Å². The molecule has 1 rings (SSSR count). The van der Waals surface area contributed by atoms with Crippen LogP contribution in [0, 0.1) is 0 Å². The second kappa shape index (κ2) is 6.79. The SMILES string of the molecule is CCC(=O)[O-].SCc1ccco1. The second-order valence-corrected chi connectivity index (χ2v) is 2.28. The third-order valence-electron chi connectivity index (χ3n) is 1.02. The van der Waals surface area contributed by atoms with Crippen molar-refractivity contribution in [3.8, 4) is 0 Å². The molecule has 0 aliphatic heterocycles. The first-order chi connectivity index (χ1) is 5.70. The number of carbonyl (C=O) groups excluding carboxylic acids is 1. The zero-order valence-corrected chi connectivity index (χ0v) is 7.71. The molecular weight excluding hydrogens is 176 g/mol. The summed E-state index contributed by atoms with van der Waals surface area (Å²) in [6, 6.07) is 3.75. The summed E-state index contributed by atoms with van der Waals surface area (Å²) in [4.78, 5) is 9.26. The molecule has 0 saturated carbocycles. The Morgan fingerprint density at radius 2 is 2.33 bits per heavy atom. The van der Waals surface area contributed by atoms with Crippen LogP contribution in [0.2, 0.25) is 0 Å². The maximum absolute atomic E-state index is 9.26. The Balaban J connectivity index is 0.000000217. The van der Waals surface area contributed by atoms with Crippen molar-refractivity contribution in [2.75, 3.05) is 0 Å². The molecule has 0 aromatic carbocycles. The Bertz CT molecular complexity index is 206. The fourth-order valence-electron chi connectivity index (χ4n) is 0.403. The monoisotopic (exact) mass is 187 g/mol. The minimum absolute atomic E-state index is 0.111. The van der Waals surface area contributed by atoms with Crippen LogP contribution in [-0.4, -0.2) is 5.97 Å². The fraction of sp³-hybridized carbons (Fsp3) is 0.375. The van der Waals surface area contributed by atoms with Crippen LogP contribution in [0.5, 0.6) is 0 Å². The highest BCUT2D eigenvalue weighted by atomic mass is 32.1. The molecule has 0 aliphatic rings. The summed E-state index contributed by atoms with van der Waals surface area (Å²) < 4.78 is 4.91. The largest absolute Gasteiger partial charge is 0.550 e. The molecule has 0 N–H and O–H groups in total. The summed E-state index contributed by atoms with van der Waals surface area (Å²) in [6.45, 7) is 1.54. The molecule has 12 heavy (non-hydrogen) atoms. The van der Waals surface area contributed by atoms with Crippen molar-refractivity contribution in [2.45, 2.75) is 19.1 Å². The van der Waals surface area contributed by atoms with E-state index < -0.39 is 5.97 Å². The van der Waals surface area contributed by atoms with Crippen molar-refractivity contribution in [2.24, 2.45) is 0 Å². The first kappa shape index (κ1) is 11.1. The highest BCUT2D eigenvalue weighted by Gasteiger charge is 1.85. The van der Waals surface area contributed by atoms with E-state index in [9.17, 15) is 9.90 Å². The summed E-state index contributed by atoms with van der Waals surface area (Å²) >= 11 is 3.98. The van der Waals surface area contributed by atoms with E-state index in [0.717, 1.165) is 5.76 Å². The van der Waals surface area contributed by atoms with E-state index in [4.69, 9.17) is 4.42 Å². The highest BCUT2D eigenvalue weighted by Crippen LogP contribution is 2.01. The van der Waals surface area contributed by atoms with E-state index in [1.54, 1.807) is 6.26 Å². The molecule has 0 unspecified atom stereocenters. The number of carbonyl (C=O) groups is 1. The minimum Gasteiger partial charge on any atom is -0.550 e. The smallest absolute Gasteiger partial charge is 0.113 e. The molecule has 0 aliphatic carbocycles. The van der Waals surface area contributed by atoms with Crippen LogP contribution < -0.4 is 5.11 Å². The molecule has 0 bridgehead atoms. The van der Waals surface area contributed by atoms with Gasteiger partial charge in [-0.15, -0.1) is 0 Å². The van der Waals surface area contributed by atoms with Crippen molar-refractivity contribution in [3.63, 3.8) is 0 Å². The summed E-state index contributed by atoms with van der Waals surface area (Å²) in [5, 5.41) is 9.26. The van der Waals surface area contributed by atoms with Gasteiger partial charge in [-0.3, -0.25) is 0 Å². The van der Waals surface area contributed by atoms with Crippen LogP contribution in [0.15, 0.2) is 22.8 Å². The maximum Gasteiger partial charge on any atom is 0.113 e. The molecule has 0 fully saturated rings. The van der Waals surface area contributed by atoms with Crippen LogP contribution in [0.25, 0.3) is 0 Å². The van der Waals surface area contributed by atoms with Gasteiger partial charge < -0.3 is 14.3 Å². The summed E-state index contributed by atoms with van der Waals surface area (Å²) in [7, 11) is 0. The van der Waals surface area contributed by atoms with Gasteiger partial charge in [0.15, 0.2) is 0 Å². The van der Waals surface area contributed by atoms with Gasteiger partial charge in [-0.25, -0.2) is 0 Å². The number of furan rings is 1. The molecule has 0 saturated heterocycles. The maximum atomic E-state index is 9.26. The molecule has 1 aromatic rings. The molecule has 0 spiro atoms. The van der Waals surface area contributed by atoms with Gasteiger partial charge in [0, 0.05) is 11.7 Å². The molecule has 0 radical (unpaired) electrons. The highest BCUT2D eigenvalue weighted by molar-refractivity contribution is 7.79. The molecular formula is C8H11O3S-. The van der Waals surface area contributed by atoms with Crippen molar-refractivity contribution in [1.29, 1.82) is 0 Å². The van der Waals surface area contributed by atoms with E-state index in [2.05, 4.69) is 12.6 Å². The van der Waals surface area contributed by atoms with E-state index in [1.165, 1.54) is 6.92 Å². The third-order valence-corrected chi connectivity index (χ3v) is 1.34. The zero-order chi connectivity index (χ0) is 9.40. The topological polar surface area (TPSA) is 53.3 Å². The van der Waals surface area contributed by atoms with Gasteiger partial charge >= 0.3 is 0 Å². The molecule has 3 nitrogen and oxygen atoms in total. The van der Waals surface area contributed by atoms with Crippen molar-refractivity contribution in [1.82, 2.24) is 0 Å². The quantitative estimate of drug-likeness (QED) is 0.698.